The van der Waals surface area contributed by atoms with Gasteiger partial charge in [0.05, 0.1) is 19.2 Å². The molecule has 0 bridgehead atoms. The summed E-state index contributed by atoms with van der Waals surface area (Å²) in [7, 11) is 0. The number of morpholine rings is 1. The van der Waals surface area contributed by atoms with Crippen LogP contribution in [0.15, 0.2) is 21.1 Å². The minimum Gasteiger partial charge on any atom is -0.464 e. The lowest BCUT2D eigenvalue weighted by molar-refractivity contribution is -0.0267. The van der Waals surface area contributed by atoms with Crippen LogP contribution in [0.25, 0.3) is 0 Å². The highest BCUT2D eigenvalue weighted by Gasteiger charge is 2.29. The fourth-order valence-electron chi connectivity index (χ4n) is 2.68. The first-order valence-corrected chi connectivity index (χ1v) is 8.10. The van der Waals surface area contributed by atoms with Crippen molar-refractivity contribution >= 4 is 6.03 Å². The molecule has 3 heterocycles. The summed E-state index contributed by atoms with van der Waals surface area (Å²) in [4.78, 5) is 18.5. The second kappa shape index (κ2) is 7.04. The zero-order valence-corrected chi connectivity index (χ0v) is 14.1. The molecule has 0 aromatic carbocycles. The fourth-order valence-corrected chi connectivity index (χ4v) is 2.68. The zero-order valence-electron chi connectivity index (χ0n) is 14.1. The Labute approximate surface area is 140 Å². The quantitative estimate of drug-likeness (QED) is 0.923. The Kier molecular flexibility index (Phi) is 4.84. The number of furan rings is 1. The largest absolute Gasteiger partial charge is 0.464 e. The van der Waals surface area contributed by atoms with E-state index in [0.717, 1.165) is 11.5 Å². The van der Waals surface area contributed by atoms with Crippen molar-refractivity contribution in [3.63, 3.8) is 0 Å². The molecule has 0 aliphatic carbocycles. The highest BCUT2D eigenvalue weighted by molar-refractivity contribution is 5.74. The van der Waals surface area contributed by atoms with E-state index in [0.29, 0.717) is 37.8 Å². The van der Waals surface area contributed by atoms with E-state index in [1.54, 1.807) is 11.8 Å². The molecule has 8 nitrogen and oxygen atoms in total. The third kappa shape index (κ3) is 3.59. The lowest BCUT2D eigenvalue weighted by atomic mass is 10.2. The highest BCUT2D eigenvalue weighted by Crippen LogP contribution is 2.24. The van der Waals surface area contributed by atoms with E-state index < -0.39 is 0 Å². The molecule has 1 aliphatic rings. The summed E-state index contributed by atoms with van der Waals surface area (Å²) in [5.41, 5.74) is 0. The van der Waals surface area contributed by atoms with Crippen LogP contribution in [0.5, 0.6) is 0 Å². The molecule has 130 valence electrons. The van der Waals surface area contributed by atoms with Gasteiger partial charge in [0.2, 0.25) is 5.89 Å². The van der Waals surface area contributed by atoms with Crippen molar-refractivity contribution in [1.29, 1.82) is 0 Å². The summed E-state index contributed by atoms with van der Waals surface area (Å²) in [6.45, 7) is 7.02. The molecule has 24 heavy (non-hydrogen) atoms. The van der Waals surface area contributed by atoms with Crippen molar-refractivity contribution in [3.05, 3.63) is 35.4 Å². The van der Waals surface area contributed by atoms with Gasteiger partial charge in [-0.3, -0.25) is 0 Å². The Balaban J connectivity index is 1.63. The Morgan fingerprint density at radius 3 is 2.92 bits per heavy atom. The molecule has 1 saturated heterocycles. The molecule has 3 rings (SSSR count). The van der Waals surface area contributed by atoms with Gasteiger partial charge in [0.25, 0.3) is 0 Å². The van der Waals surface area contributed by atoms with E-state index in [1.807, 2.05) is 26.0 Å². The van der Waals surface area contributed by atoms with Crippen molar-refractivity contribution < 1.29 is 18.5 Å². The number of aromatic nitrogens is 2. The van der Waals surface area contributed by atoms with Crippen LogP contribution >= 0.6 is 0 Å². The summed E-state index contributed by atoms with van der Waals surface area (Å²) in [6.07, 6.45) is 0.432. The molecule has 0 saturated carbocycles. The molecule has 2 aromatic heterocycles. The molecule has 0 radical (unpaired) electrons. The fraction of sp³-hybridized carbons (Fsp3) is 0.562. The van der Waals surface area contributed by atoms with Crippen molar-refractivity contribution in [1.82, 2.24) is 20.4 Å². The third-order valence-corrected chi connectivity index (χ3v) is 3.99. The van der Waals surface area contributed by atoms with Gasteiger partial charge in [-0.1, -0.05) is 12.1 Å². The number of hydrogen-bond acceptors (Lipinski definition) is 6. The van der Waals surface area contributed by atoms with Gasteiger partial charge < -0.3 is 23.9 Å². The number of carbonyl (C=O) groups is 1. The maximum Gasteiger partial charge on any atom is 0.318 e. The molecule has 2 amide bonds. The minimum absolute atomic E-state index is 0.166. The molecule has 0 spiro atoms. The maximum atomic E-state index is 12.6. The average Bonchev–Trinajstić information content (AvgIpc) is 3.21. The predicted molar refractivity (Wildman–Crippen MR) is 84.3 cm³/mol. The molecular formula is C16H22N4O4. The van der Waals surface area contributed by atoms with Crippen LogP contribution in [0.2, 0.25) is 0 Å². The number of amides is 2. The normalized spacial score (nSPS) is 19.3. The Hall–Kier alpha value is -2.35. The van der Waals surface area contributed by atoms with Gasteiger partial charge in [-0.2, -0.15) is 4.98 Å². The van der Waals surface area contributed by atoms with Gasteiger partial charge in [0, 0.05) is 13.5 Å². The molecule has 1 N–H and O–H groups in total. The van der Waals surface area contributed by atoms with Crippen LogP contribution < -0.4 is 5.32 Å². The number of nitrogens with one attached hydrogen (secondary N) is 1. The lowest BCUT2D eigenvalue weighted by Gasteiger charge is -2.32. The second-order valence-corrected chi connectivity index (χ2v) is 5.84. The van der Waals surface area contributed by atoms with Gasteiger partial charge in [0.15, 0.2) is 5.82 Å². The summed E-state index contributed by atoms with van der Waals surface area (Å²) in [5.74, 6) is 2.55. The standard InChI is InChI=1S/C16H22N4O4/c1-4-12(15-17-11(3)24-19-15)18-16(21)20-7-8-22-14(9-20)13-6-5-10(2)23-13/h5-6,12,14H,4,7-9H2,1-3H3,(H,18,21). The summed E-state index contributed by atoms with van der Waals surface area (Å²) < 4.78 is 16.3. The first-order chi connectivity index (χ1) is 11.6. The van der Waals surface area contributed by atoms with Gasteiger partial charge in [-0.15, -0.1) is 0 Å². The predicted octanol–water partition coefficient (Wildman–Crippen LogP) is 2.51. The molecule has 8 heteroatoms. The van der Waals surface area contributed by atoms with Gasteiger partial charge in [-0.25, -0.2) is 4.79 Å². The van der Waals surface area contributed by atoms with Crippen LogP contribution in [-0.2, 0) is 4.74 Å². The van der Waals surface area contributed by atoms with E-state index in [1.165, 1.54) is 0 Å². The average molecular weight is 334 g/mol. The van der Waals surface area contributed by atoms with Crippen LogP contribution in [0.4, 0.5) is 4.79 Å². The van der Waals surface area contributed by atoms with Gasteiger partial charge >= 0.3 is 6.03 Å². The monoisotopic (exact) mass is 334 g/mol. The van der Waals surface area contributed by atoms with Crippen molar-refractivity contribution in [2.24, 2.45) is 0 Å². The first kappa shape index (κ1) is 16.5. The summed E-state index contributed by atoms with van der Waals surface area (Å²) >= 11 is 0. The SMILES string of the molecule is CCC(NC(=O)N1CCOC(c2ccc(C)o2)C1)c1noc(C)n1. The molecule has 2 unspecified atom stereocenters. The second-order valence-electron chi connectivity index (χ2n) is 5.84. The molecule has 2 aromatic rings. The number of rotatable bonds is 4. The van der Waals surface area contributed by atoms with E-state index in [-0.39, 0.29) is 18.2 Å². The third-order valence-electron chi connectivity index (χ3n) is 3.99. The summed E-state index contributed by atoms with van der Waals surface area (Å²) in [6, 6.07) is 3.34. The number of ether oxygens (including phenoxy) is 1. The van der Waals surface area contributed by atoms with Crippen LogP contribution in [-0.4, -0.2) is 40.8 Å². The van der Waals surface area contributed by atoms with Gasteiger partial charge in [0.1, 0.15) is 17.6 Å². The van der Waals surface area contributed by atoms with Crippen LogP contribution in [0.3, 0.4) is 0 Å². The van der Waals surface area contributed by atoms with Crippen LogP contribution in [0, 0.1) is 13.8 Å². The van der Waals surface area contributed by atoms with E-state index in [4.69, 9.17) is 13.7 Å². The van der Waals surface area contributed by atoms with E-state index in [9.17, 15) is 4.79 Å². The maximum absolute atomic E-state index is 12.6. The molecule has 1 fully saturated rings. The number of carbonyl (C=O) groups excluding carboxylic acids is 1. The molecular weight excluding hydrogens is 312 g/mol. The van der Waals surface area contributed by atoms with Crippen molar-refractivity contribution in [3.8, 4) is 0 Å². The molecule has 2 atom stereocenters. The topological polar surface area (TPSA) is 93.6 Å². The van der Waals surface area contributed by atoms with Gasteiger partial charge in [-0.05, 0) is 25.5 Å². The number of nitrogens with zero attached hydrogens (tertiary/aromatic N) is 3. The lowest BCUT2D eigenvalue weighted by Crippen LogP contribution is -2.48. The van der Waals surface area contributed by atoms with Crippen molar-refractivity contribution in [2.75, 3.05) is 19.7 Å². The first-order valence-electron chi connectivity index (χ1n) is 8.10. The molecule has 1 aliphatic heterocycles. The number of urea groups is 1. The smallest absolute Gasteiger partial charge is 0.318 e. The Morgan fingerprint density at radius 2 is 2.29 bits per heavy atom. The Bertz CT molecular complexity index is 696. The number of hydrogen-bond donors (Lipinski definition) is 1. The van der Waals surface area contributed by atoms with E-state index >= 15 is 0 Å². The van der Waals surface area contributed by atoms with E-state index in [2.05, 4.69) is 15.5 Å². The van der Waals surface area contributed by atoms with Crippen molar-refractivity contribution in [2.45, 2.75) is 39.3 Å². The Morgan fingerprint density at radius 1 is 1.46 bits per heavy atom. The minimum atomic E-state index is -0.276. The highest BCUT2D eigenvalue weighted by atomic mass is 16.5. The number of aryl methyl sites for hydroxylation is 2. The summed E-state index contributed by atoms with van der Waals surface area (Å²) in [5, 5.41) is 6.85. The van der Waals surface area contributed by atoms with Crippen LogP contribution in [0.1, 0.15) is 48.7 Å². The zero-order chi connectivity index (χ0) is 17.1.